The molecule has 0 aliphatic rings. The minimum atomic E-state index is -1.49. The zero-order valence-electron chi connectivity index (χ0n) is 13.8. The Morgan fingerprint density at radius 3 is 2.05 bits per heavy atom. The van der Waals surface area contributed by atoms with Crippen LogP contribution in [-0.2, 0) is 9.59 Å². The number of hydrogen-bond donors (Lipinski definition) is 5. The summed E-state index contributed by atoms with van der Waals surface area (Å²) in [6, 6.07) is -0.716. The van der Waals surface area contributed by atoms with Gasteiger partial charge in [0.15, 0.2) is 5.60 Å². The lowest BCUT2D eigenvalue weighted by atomic mass is 9.94. The number of unbranched alkanes of at least 4 members (excludes halogenated alkanes) is 3. The van der Waals surface area contributed by atoms with E-state index >= 15 is 0 Å². The Balaban J connectivity index is 0. The molecule has 132 valence electrons. The summed E-state index contributed by atoms with van der Waals surface area (Å²) in [6.07, 6.45) is 5.62. The van der Waals surface area contributed by atoms with E-state index in [1.54, 1.807) is 6.92 Å². The standard InChI is InChI=1S/C9H18O3.C6H14N2O2/c1-3-5-6-7-9(12,4-2)8(10)11;7-4-2-1-3-5(8)6(9)10/h12H,3-7H2,1-2H3,(H,10,11);5H,1-4,7-8H2,(H,9,10)/t;5-/m.0/s1. The van der Waals surface area contributed by atoms with Crippen molar-refractivity contribution in [1.82, 2.24) is 0 Å². The van der Waals surface area contributed by atoms with E-state index < -0.39 is 23.6 Å². The van der Waals surface area contributed by atoms with Gasteiger partial charge >= 0.3 is 11.9 Å². The summed E-state index contributed by atoms with van der Waals surface area (Å²) in [4.78, 5) is 20.7. The smallest absolute Gasteiger partial charge is 0.335 e. The highest BCUT2D eigenvalue weighted by atomic mass is 16.4. The number of carbonyl (C=O) groups is 2. The van der Waals surface area contributed by atoms with Gasteiger partial charge in [0, 0.05) is 0 Å². The Hall–Kier alpha value is -1.18. The molecular weight excluding hydrogens is 288 g/mol. The number of nitrogens with two attached hydrogens (primary N) is 2. The third-order valence-electron chi connectivity index (χ3n) is 3.46. The first-order chi connectivity index (χ1) is 10.2. The molecular formula is C15H32N2O5. The Morgan fingerprint density at radius 2 is 1.68 bits per heavy atom. The van der Waals surface area contributed by atoms with Gasteiger partial charge in [0.05, 0.1) is 0 Å². The Bertz CT molecular complexity index is 312. The van der Waals surface area contributed by atoms with Gasteiger partial charge in [0.25, 0.3) is 0 Å². The van der Waals surface area contributed by atoms with Crippen LogP contribution in [0.4, 0.5) is 0 Å². The lowest BCUT2D eigenvalue weighted by molar-refractivity contribution is -0.159. The molecule has 0 aromatic heterocycles. The third-order valence-corrected chi connectivity index (χ3v) is 3.46. The second-order valence-corrected chi connectivity index (χ2v) is 5.38. The highest BCUT2D eigenvalue weighted by molar-refractivity contribution is 5.76. The Kier molecular flexibility index (Phi) is 14.1. The SMILES string of the molecule is CCCCCC(O)(CC)C(=O)O.NCCCC[C@H](N)C(=O)O. The Labute approximate surface area is 132 Å². The van der Waals surface area contributed by atoms with Crippen LogP contribution in [0, 0.1) is 0 Å². The fraction of sp³-hybridized carbons (Fsp3) is 0.867. The summed E-state index contributed by atoms with van der Waals surface area (Å²) in [5, 5.41) is 26.5. The molecule has 0 bridgehead atoms. The molecule has 0 rings (SSSR count). The summed E-state index contributed by atoms with van der Waals surface area (Å²) < 4.78 is 0. The molecule has 0 radical (unpaired) electrons. The number of aliphatic hydroxyl groups is 1. The van der Waals surface area contributed by atoms with E-state index in [0.29, 0.717) is 19.4 Å². The first kappa shape index (κ1) is 23.1. The van der Waals surface area contributed by atoms with E-state index in [1.165, 1.54) is 0 Å². The zero-order valence-corrected chi connectivity index (χ0v) is 13.8. The summed E-state index contributed by atoms with van der Waals surface area (Å²) in [5.41, 5.74) is 8.93. The van der Waals surface area contributed by atoms with E-state index in [9.17, 15) is 14.7 Å². The normalized spacial score (nSPS) is 14.4. The maximum atomic E-state index is 10.6. The predicted octanol–water partition coefficient (Wildman–Crippen LogP) is 1.32. The van der Waals surface area contributed by atoms with Crippen molar-refractivity contribution >= 4 is 11.9 Å². The molecule has 2 atom stereocenters. The second-order valence-electron chi connectivity index (χ2n) is 5.38. The van der Waals surface area contributed by atoms with Gasteiger partial charge in [-0.15, -0.1) is 0 Å². The molecule has 0 aromatic carbocycles. The van der Waals surface area contributed by atoms with Crippen molar-refractivity contribution in [2.75, 3.05) is 6.54 Å². The van der Waals surface area contributed by atoms with Crippen LogP contribution in [0.3, 0.4) is 0 Å². The minimum absolute atomic E-state index is 0.284. The highest BCUT2D eigenvalue weighted by Crippen LogP contribution is 2.18. The van der Waals surface area contributed by atoms with Gasteiger partial charge in [-0.2, -0.15) is 0 Å². The monoisotopic (exact) mass is 320 g/mol. The van der Waals surface area contributed by atoms with Gasteiger partial charge in [-0.3, -0.25) is 4.79 Å². The molecule has 7 nitrogen and oxygen atoms in total. The van der Waals surface area contributed by atoms with E-state index in [0.717, 1.165) is 32.1 Å². The highest BCUT2D eigenvalue weighted by Gasteiger charge is 2.32. The molecule has 0 aromatic rings. The maximum absolute atomic E-state index is 10.6. The fourth-order valence-corrected chi connectivity index (χ4v) is 1.73. The van der Waals surface area contributed by atoms with Crippen LogP contribution in [0.5, 0.6) is 0 Å². The molecule has 0 amide bonds. The lowest BCUT2D eigenvalue weighted by Crippen LogP contribution is -2.37. The van der Waals surface area contributed by atoms with Crippen molar-refractivity contribution < 1.29 is 24.9 Å². The number of hydrogen-bond acceptors (Lipinski definition) is 5. The Morgan fingerprint density at radius 1 is 1.09 bits per heavy atom. The molecule has 1 unspecified atom stereocenters. The van der Waals surface area contributed by atoms with E-state index in [2.05, 4.69) is 0 Å². The first-order valence-electron chi connectivity index (χ1n) is 7.89. The van der Waals surface area contributed by atoms with Gasteiger partial charge in [-0.25, -0.2) is 4.79 Å². The van der Waals surface area contributed by atoms with Crippen LogP contribution < -0.4 is 11.5 Å². The summed E-state index contributed by atoms with van der Waals surface area (Å²) >= 11 is 0. The number of rotatable bonds is 11. The van der Waals surface area contributed by atoms with Crippen molar-refractivity contribution in [2.45, 2.75) is 76.9 Å². The van der Waals surface area contributed by atoms with Gasteiger partial charge in [0.1, 0.15) is 6.04 Å². The molecule has 0 heterocycles. The van der Waals surface area contributed by atoms with Crippen LogP contribution in [-0.4, -0.2) is 45.4 Å². The van der Waals surface area contributed by atoms with Crippen LogP contribution in [0.1, 0.15) is 65.2 Å². The molecule has 7 N–H and O–H groups in total. The molecule has 0 spiro atoms. The molecule has 0 aliphatic heterocycles. The number of carboxylic acid groups (broad SMARTS) is 2. The van der Waals surface area contributed by atoms with Gasteiger partial charge < -0.3 is 26.8 Å². The van der Waals surface area contributed by atoms with Gasteiger partial charge in [-0.05, 0) is 38.6 Å². The fourth-order valence-electron chi connectivity index (χ4n) is 1.73. The van der Waals surface area contributed by atoms with Crippen molar-refractivity contribution in [2.24, 2.45) is 11.5 Å². The van der Waals surface area contributed by atoms with Crippen molar-refractivity contribution in [1.29, 1.82) is 0 Å². The topological polar surface area (TPSA) is 147 Å². The predicted molar refractivity (Wildman–Crippen MR) is 85.5 cm³/mol. The van der Waals surface area contributed by atoms with Crippen LogP contribution in [0.25, 0.3) is 0 Å². The van der Waals surface area contributed by atoms with Gasteiger partial charge in [0.2, 0.25) is 0 Å². The van der Waals surface area contributed by atoms with Crippen molar-refractivity contribution in [3.63, 3.8) is 0 Å². The largest absolute Gasteiger partial charge is 0.480 e. The molecule has 7 heteroatoms. The molecule has 0 saturated carbocycles. The summed E-state index contributed by atoms with van der Waals surface area (Å²) in [6.45, 7) is 4.35. The maximum Gasteiger partial charge on any atom is 0.335 e. The second kappa shape index (κ2) is 13.5. The summed E-state index contributed by atoms with van der Waals surface area (Å²) in [5.74, 6) is -2.03. The number of carboxylic acids is 2. The quantitative estimate of drug-likeness (QED) is 0.361. The minimum Gasteiger partial charge on any atom is -0.480 e. The molecule has 0 fully saturated rings. The van der Waals surface area contributed by atoms with Crippen LogP contribution in [0.15, 0.2) is 0 Å². The van der Waals surface area contributed by atoms with Crippen LogP contribution >= 0.6 is 0 Å². The van der Waals surface area contributed by atoms with Crippen molar-refractivity contribution in [3.05, 3.63) is 0 Å². The number of aliphatic carboxylic acids is 2. The average Bonchev–Trinajstić information content (AvgIpc) is 2.47. The lowest BCUT2D eigenvalue weighted by Gasteiger charge is -2.20. The molecule has 22 heavy (non-hydrogen) atoms. The van der Waals surface area contributed by atoms with Crippen LogP contribution in [0.2, 0.25) is 0 Å². The van der Waals surface area contributed by atoms with Crippen molar-refractivity contribution in [3.8, 4) is 0 Å². The zero-order chi connectivity index (χ0) is 17.6. The van der Waals surface area contributed by atoms with Gasteiger partial charge in [-0.1, -0.05) is 33.1 Å². The molecule has 0 saturated heterocycles. The average molecular weight is 320 g/mol. The van der Waals surface area contributed by atoms with E-state index in [-0.39, 0.29) is 6.42 Å². The van der Waals surface area contributed by atoms with E-state index in [1.807, 2.05) is 6.92 Å². The molecule has 0 aliphatic carbocycles. The van der Waals surface area contributed by atoms with E-state index in [4.69, 9.17) is 21.7 Å². The third kappa shape index (κ3) is 11.5. The summed E-state index contributed by atoms with van der Waals surface area (Å²) in [7, 11) is 0. The first-order valence-corrected chi connectivity index (χ1v) is 7.89.